The number of benzene rings is 2. The monoisotopic (exact) mass is 440 g/mol. The molecule has 0 amide bonds. The number of hydrogen-bond acceptors (Lipinski definition) is 4. The smallest absolute Gasteiger partial charge is 0.372 e. The molecular weight excluding hydrogens is 428 g/mol. The highest BCUT2D eigenvalue weighted by Crippen LogP contribution is 2.21. The Morgan fingerprint density at radius 1 is 1.17 bits per heavy atom. The molecular formula is C16H14Br2N2O3. The highest BCUT2D eigenvalue weighted by molar-refractivity contribution is 9.10. The molecule has 0 spiro atoms. The molecule has 2 aromatic carbocycles. The maximum Gasteiger partial charge on any atom is 0.372 e. The summed E-state index contributed by atoms with van der Waals surface area (Å²) in [6, 6.07) is 12.6. The summed E-state index contributed by atoms with van der Waals surface area (Å²) < 4.78 is 7.24. The molecule has 2 aromatic rings. The molecule has 0 radical (unpaired) electrons. The van der Waals surface area contributed by atoms with Gasteiger partial charge in [-0.05, 0) is 42.8 Å². The first-order valence-corrected chi connectivity index (χ1v) is 8.22. The summed E-state index contributed by atoms with van der Waals surface area (Å²) in [5, 5.41) is 3.61. The molecule has 23 heavy (non-hydrogen) atoms. The van der Waals surface area contributed by atoms with Crippen LogP contribution in [0.2, 0.25) is 0 Å². The summed E-state index contributed by atoms with van der Waals surface area (Å²) in [7, 11) is 0. The second kappa shape index (κ2) is 8.12. The predicted octanol–water partition coefficient (Wildman–Crippen LogP) is 3.76. The van der Waals surface area contributed by atoms with E-state index in [4.69, 9.17) is 15.3 Å². The Hall–Kier alpha value is -1.86. The van der Waals surface area contributed by atoms with Gasteiger partial charge >= 0.3 is 5.97 Å². The fourth-order valence-corrected chi connectivity index (χ4v) is 2.16. The van der Waals surface area contributed by atoms with Crippen LogP contribution in [0.25, 0.3) is 0 Å². The minimum absolute atomic E-state index is 0.116. The zero-order valence-electron chi connectivity index (χ0n) is 12.3. The van der Waals surface area contributed by atoms with E-state index in [1.807, 2.05) is 31.2 Å². The maximum absolute atomic E-state index is 11.6. The summed E-state index contributed by atoms with van der Waals surface area (Å²) in [6.45, 7) is 1.68. The van der Waals surface area contributed by atoms with Crippen LogP contribution in [0.3, 0.4) is 0 Å². The molecule has 2 rings (SSSR count). The lowest BCUT2D eigenvalue weighted by Crippen LogP contribution is -2.18. The third kappa shape index (κ3) is 5.37. The van der Waals surface area contributed by atoms with Crippen molar-refractivity contribution in [1.82, 2.24) is 0 Å². The molecule has 0 unspecified atom stereocenters. The Morgan fingerprint density at radius 2 is 1.87 bits per heavy atom. The lowest BCUT2D eigenvalue weighted by molar-refractivity contribution is -0.146. The molecule has 0 bridgehead atoms. The minimum atomic E-state index is -0.634. The van der Waals surface area contributed by atoms with Gasteiger partial charge in [-0.15, -0.1) is 0 Å². The lowest BCUT2D eigenvalue weighted by atomic mass is 10.2. The highest BCUT2D eigenvalue weighted by Gasteiger charge is 2.07. The van der Waals surface area contributed by atoms with Crippen LogP contribution in [0.5, 0.6) is 5.75 Å². The third-order valence-electron chi connectivity index (χ3n) is 2.87. The second-order valence-corrected chi connectivity index (χ2v) is 6.42. The number of amidine groups is 1. The summed E-state index contributed by atoms with van der Waals surface area (Å²) in [4.78, 5) is 16.4. The average Bonchev–Trinajstić information content (AvgIpc) is 2.54. The number of aryl methyl sites for hydroxylation is 1. The van der Waals surface area contributed by atoms with E-state index in [0.717, 1.165) is 14.5 Å². The number of rotatable bonds is 5. The Bertz CT molecular complexity index is 731. The van der Waals surface area contributed by atoms with Crippen molar-refractivity contribution in [2.45, 2.75) is 6.92 Å². The topological polar surface area (TPSA) is 73.9 Å². The number of ether oxygens (including phenoxy) is 1. The largest absolute Gasteiger partial charge is 0.482 e. The van der Waals surface area contributed by atoms with Crippen LogP contribution in [-0.2, 0) is 9.63 Å². The van der Waals surface area contributed by atoms with Crippen LogP contribution >= 0.6 is 31.9 Å². The van der Waals surface area contributed by atoms with Crippen molar-refractivity contribution in [2.75, 3.05) is 6.61 Å². The van der Waals surface area contributed by atoms with Crippen LogP contribution in [0.1, 0.15) is 11.1 Å². The molecule has 0 fully saturated rings. The molecule has 5 nitrogen and oxygen atoms in total. The van der Waals surface area contributed by atoms with E-state index in [2.05, 4.69) is 37.0 Å². The van der Waals surface area contributed by atoms with Gasteiger partial charge in [0.2, 0.25) is 0 Å². The molecule has 0 heterocycles. The number of hydrogen-bond donors (Lipinski definition) is 1. The van der Waals surface area contributed by atoms with Crippen molar-refractivity contribution in [2.24, 2.45) is 10.9 Å². The van der Waals surface area contributed by atoms with Crippen LogP contribution < -0.4 is 10.5 Å². The van der Waals surface area contributed by atoms with Crippen molar-refractivity contribution < 1.29 is 14.4 Å². The molecule has 120 valence electrons. The molecule has 2 N–H and O–H groups in total. The molecule has 0 saturated heterocycles. The van der Waals surface area contributed by atoms with E-state index >= 15 is 0 Å². The lowest BCUT2D eigenvalue weighted by Gasteiger charge is -2.06. The first-order chi connectivity index (χ1) is 11.0. The van der Waals surface area contributed by atoms with Crippen LogP contribution in [0.4, 0.5) is 0 Å². The van der Waals surface area contributed by atoms with Gasteiger partial charge in [-0.1, -0.05) is 49.1 Å². The number of nitrogens with two attached hydrogens (primary N) is 1. The quantitative estimate of drug-likeness (QED) is 0.331. The fraction of sp³-hybridized carbons (Fsp3) is 0.125. The average molecular weight is 442 g/mol. The zero-order valence-corrected chi connectivity index (χ0v) is 15.4. The van der Waals surface area contributed by atoms with Crippen molar-refractivity contribution in [3.8, 4) is 5.75 Å². The first kappa shape index (κ1) is 17.5. The van der Waals surface area contributed by atoms with E-state index in [1.54, 1.807) is 18.2 Å². The number of carbonyl (C=O) groups excluding carboxylic acids is 1. The van der Waals surface area contributed by atoms with E-state index < -0.39 is 5.97 Å². The Labute approximate surface area is 150 Å². The van der Waals surface area contributed by atoms with Crippen LogP contribution in [-0.4, -0.2) is 18.4 Å². The Balaban J connectivity index is 1.88. The van der Waals surface area contributed by atoms with Crippen molar-refractivity contribution in [3.63, 3.8) is 0 Å². The summed E-state index contributed by atoms with van der Waals surface area (Å²) in [5.74, 6) is 0.0588. The van der Waals surface area contributed by atoms with Crippen LogP contribution in [0.15, 0.2) is 56.6 Å². The van der Waals surface area contributed by atoms with Crippen molar-refractivity contribution in [1.29, 1.82) is 0 Å². The van der Waals surface area contributed by atoms with Gasteiger partial charge in [-0.3, -0.25) is 0 Å². The Kier molecular flexibility index (Phi) is 6.18. The molecule has 7 heteroatoms. The van der Waals surface area contributed by atoms with E-state index in [0.29, 0.717) is 11.3 Å². The highest BCUT2D eigenvalue weighted by atomic mass is 79.9. The van der Waals surface area contributed by atoms with Gasteiger partial charge in [0.15, 0.2) is 12.4 Å². The van der Waals surface area contributed by atoms with Gasteiger partial charge < -0.3 is 15.3 Å². The number of nitrogens with zero attached hydrogens (tertiary/aromatic N) is 1. The van der Waals surface area contributed by atoms with Crippen molar-refractivity contribution >= 4 is 43.7 Å². The minimum Gasteiger partial charge on any atom is -0.482 e. The van der Waals surface area contributed by atoms with Gasteiger partial charge in [0, 0.05) is 14.5 Å². The zero-order chi connectivity index (χ0) is 16.8. The summed E-state index contributed by atoms with van der Waals surface area (Å²) >= 11 is 6.72. The molecule has 0 aliphatic heterocycles. The third-order valence-corrected chi connectivity index (χ3v) is 4.29. The van der Waals surface area contributed by atoms with Crippen molar-refractivity contribution in [3.05, 3.63) is 62.5 Å². The molecule has 0 atom stereocenters. The van der Waals surface area contributed by atoms with Gasteiger partial charge in [0.05, 0.1) is 0 Å². The standard InChI is InChI=1S/C16H14Br2N2O3/c1-10-8-13(6-7-14(10)18)22-9-15(21)23-20-16(19)11-2-4-12(17)5-3-11/h2-8H,9H2,1H3,(H2,19,20). The SMILES string of the molecule is Cc1cc(OCC(=O)O/N=C(\N)c2ccc(Br)cc2)ccc1Br. The molecule has 0 aliphatic rings. The molecule has 0 saturated carbocycles. The maximum atomic E-state index is 11.6. The summed E-state index contributed by atoms with van der Waals surface area (Å²) in [6.07, 6.45) is 0. The van der Waals surface area contributed by atoms with Gasteiger partial charge in [-0.2, -0.15) is 0 Å². The summed E-state index contributed by atoms with van der Waals surface area (Å²) in [5.41, 5.74) is 7.41. The van der Waals surface area contributed by atoms with E-state index in [-0.39, 0.29) is 12.4 Å². The molecule has 0 aromatic heterocycles. The normalized spacial score (nSPS) is 11.2. The van der Waals surface area contributed by atoms with E-state index in [1.165, 1.54) is 0 Å². The fourth-order valence-electron chi connectivity index (χ4n) is 1.65. The number of oxime groups is 1. The Morgan fingerprint density at radius 3 is 2.52 bits per heavy atom. The predicted molar refractivity (Wildman–Crippen MR) is 95.3 cm³/mol. The second-order valence-electron chi connectivity index (χ2n) is 4.65. The van der Waals surface area contributed by atoms with Gasteiger partial charge in [-0.25, -0.2) is 4.79 Å². The number of halogens is 2. The first-order valence-electron chi connectivity index (χ1n) is 6.64. The van der Waals surface area contributed by atoms with Gasteiger partial charge in [0.1, 0.15) is 5.75 Å². The number of carbonyl (C=O) groups is 1. The van der Waals surface area contributed by atoms with Gasteiger partial charge in [0.25, 0.3) is 0 Å². The van der Waals surface area contributed by atoms with Crippen LogP contribution in [0, 0.1) is 6.92 Å². The van der Waals surface area contributed by atoms with E-state index in [9.17, 15) is 4.79 Å². The molecule has 0 aliphatic carbocycles.